The highest BCUT2D eigenvalue weighted by molar-refractivity contribution is 8.76. The predicted molar refractivity (Wildman–Crippen MR) is 65.1 cm³/mol. The first-order valence-corrected chi connectivity index (χ1v) is 7.12. The van der Waals surface area contributed by atoms with Crippen molar-refractivity contribution in [1.82, 2.24) is 0 Å². The molecule has 0 aliphatic carbocycles. The van der Waals surface area contributed by atoms with Gasteiger partial charge in [0.05, 0.1) is 6.61 Å². The number of carboxylic acid groups (broad SMARTS) is 1. The number of hydrogen-bond acceptors (Lipinski definition) is 7. The summed E-state index contributed by atoms with van der Waals surface area (Å²) in [6.45, 7) is 2.01. The summed E-state index contributed by atoms with van der Waals surface area (Å²) in [4.78, 5) is 21.5. The lowest BCUT2D eigenvalue weighted by molar-refractivity contribution is -0.144. The molecule has 16 heavy (non-hydrogen) atoms. The average molecular weight is 268 g/mol. The Hall–Kier alpha value is -0.440. The van der Waals surface area contributed by atoms with Gasteiger partial charge in [0.2, 0.25) is 0 Å². The van der Waals surface area contributed by atoms with Crippen LogP contribution in [0.25, 0.3) is 0 Å². The van der Waals surface area contributed by atoms with E-state index in [-0.39, 0.29) is 5.75 Å². The molecular weight excluding hydrogens is 252 g/mol. The molecule has 0 aliphatic heterocycles. The van der Waals surface area contributed by atoms with Crippen LogP contribution in [-0.4, -0.2) is 47.2 Å². The van der Waals surface area contributed by atoms with Gasteiger partial charge in [-0.2, -0.15) is 0 Å². The summed E-state index contributed by atoms with van der Waals surface area (Å²) in [6.07, 6.45) is 0. The lowest BCUT2D eigenvalue weighted by Gasteiger charge is -2.10. The Balaban J connectivity index is 3.58. The summed E-state index contributed by atoms with van der Waals surface area (Å²) < 4.78 is 4.71. The summed E-state index contributed by atoms with van der Waals surface area (Å²) in [5, 5.41) is 8.50. The van der Waals surface area contributed by atoms with Gasteiger partial charge in [-0.1, -0.05) is 21.6 Å². The Kier molecular flexibility index (Phi) is 8.44. The minimum Gasteiger partial charge on any atom is -0.480 e. The fourth-order valence-corrected chi connectivity index (χ4v) is 2.85. The summed E-state index contributed by atoms with van der Waals surface area (Å²) >= 11 is 0. The molecule has 0 bridgehead atoms. The average Bonchev–Trinajstić information content (AvgIpc) is 2.23. The molecule has 0 aromatic heterocycles. The molecule has 0 aromatic carbocycles. The van der Waals surface area contributed by atoms with E-state index >= 15 is 0 Å². The molecule has 6 nitrogen and oxygen atoms in total. The Morgan fingerprint density at radius 3 is 2.19 bits per heavy atom. The topological polar surface area (TPSA) is 116 Å². The fraction of sp³-hybridized carbons (Fsp3) is 0.750. The second-order valence-corrected chi connectivity index (χ2v) is 5.42. The number of rotatable bonds is 8. The van der Waals surface area contributed by atoms with Crippen LogP contribution in [0.2, 0.25) is 0 Å². The van der Waals surface area contributed by atoms with Crippen LogP contribution in [0.15, 0.2) is 0 Å². The van der Waals surface area contributed by atoms with E-state index in [0.29, 0.717) is 12.4 Å². The second-order valence-electron chi connectivity index (χ2n) is 2.87. The van der Waals surface area contributed by atoms with E-state index in [1.54, 1.807) is 6.92 Å². The number of carboxylic acids is 1. The second kappa shape index (κ2) is 8.68. The van der Waals surface area contributed by atoms with Gasteiger partial charge < -0.3 is 21.3 Å². The fourth-order valence-electron chi connectivity index (χ4n) is 0.631. The minimum atomic E-state index is -1.04. The van der Waals surface area contributed by atoms with Crippen molar-refractivity contribution in [3.8, 4) is 0 Å². The van der Waals surface area contributed by atoms with Crippen molar-refractivity contribution in [2.24, 2.45) is 11.5 Å². The summed E-state index contributed by atoms with van der Waals surface area (Å²) in [5.41, 5.74) is 10.8. The summed E-state index contributed by atoms with van der Waals surface area (Å²) in [5.74, 6) is -0.841. The zero-order valence-corrected chi connectivity index (χ0v) is 10.6. The molecule has 0 fully saturated rings. The Morgan fingerprint density at radius 1 is 1.25 bits per heavy atom. The molecule has 0 saturated carbocycles. The molecule has 0 spiro atoms. The van der Waals surface area contributed by atoms with Gasteiger partial charge in [-0.05, 0) is 6.92 Å². The van der Waals surface area contributed by atoms with Crippen molar-refractivity contribution < 1.29 is 19.4 Å². The van der Waals surface area contributed by atoms with Crippen molar-refractivity contribution in [1.29, 1.82) is 0 Å². The largest absolute Gasteiger partial charge is 0.480 e. The number of carbonyl (C=O) groups is 2. The smallest absolute Gasteiger partial charge is 0.323 e. The molecule has 0 unspecified atom stereocenters. The normalized spacial score (nSPS) is 14.2. The van der Waals surface area contributed by atoms with E-state index in [1.807, 2.05) is 0 Å². The third-order valence-electron chi connectivity index (χ3n) is 1.49. The number of esters is 1. The minimum absolute atomic E-state index is 0.273. The number of hydrogen-bond donors (Lipinski definition) is 3. The van der Waals surface area contributed by atoms with Crippen LogP contribution in [-0.2, 0) is 14.3 Å². The van der Waals surface area contributed by atoms with Gasteiger partial charge in [0.1, 0.15) is 12.1 Å². The molecule has 94 valence electrons. The maximum Gasteiger partial charge on any atom is 0.323 e. The molecular formula is C8H16N2O4S2. The molecule has 0 aliphatic rings. The lowest BCUT2D eigenvalue weighted by atomic mass is 10.4. The molecule has 0 aromatic rings. The first-order chi connectivity index (χ1) is 7.49. The number of aliphatic carboxylic acids is 1. The van der Waals surface area contributed by atoms with Crippen molar-refractivity contribution in [3.05, 3.63) is 0 Å². The highest BCUT2D eigenvalue weighted by atomic mass is 33.1. The highest BCUT2D eigenvalue weighted by Crippen LogP contribution is 2.22. The van der Waals surface area contributed by atoms with Gasteiger partial charge in [-0.25, -0.2) is 0 Å². The summed E-state index contributed by atoms with van der Waals surface area (Å²) in [7, 11) is 2.59. The van der Waals surface area contributed by atoms with Gasteiger partial charge in [-0.15, -0.1) is 0 Å². The van der Waals surface area contributed by atoms with Crippen molar-refractivity contribution in [3.63, 3.8) is 0 Å². The van der Waals surface area contributed by atoms with E-state index in [1.165, 1.54) is 21.6 Å². The molecule has 0 heterocycles. The van der Waals surface area contributed by atoms with Crippen LogP contribution in [0.4, 0.5) is 0 Å². The number of nitrogens with two attached hydrogens (primary N) is 2. The van der Waals surface area contributed by atoms with Crippen LogP contribution in [0.1, 0.15) is 6.92 Å². The summed E-state index contributed by atoms with van der Waals surface area (Å²) in [6, 6.07) is -1.57. The lowest BCUT2D eigenvalue weighted by Crippen LogP contribution is -2.35. The molecule has 0 amide bonds. The van der Waals surface area contributed by atoms with Crippen molar-refractivity contribution in [2.45, 2.75) is 19.0 Å². The molecule has 0 radical (unpaired) electrons. The van der Waals surface area contributed by atoms with Crippen molar-refractivity contribution in [2.75, 3.05) is 18.1 Å². The van der Waals surface area contributed by atoms with E-state index in [2.05, 4.69) is 0 Å². The standard InChI is InChI=1S/C8H16N2O4S2/c1-2-14-8(13)6(10)4-16-15-3-5(9)7(11)12/h5-6H,2-4,9-10H2,1H3,(H,11,12)/t5-,6-/m1/s1. The maximum atomic E-state index is 11.1. The monoisotopic (exact) mass is 268 g/mol. The molecule has 8 heteroatoms. The van der Waals surface area contributed by atoms with Crippen LogP contribution in [0.3, 0.4) is 0 Å². The maximum absolute atomic E-state index is 11.1. The van der Waals surface area contributed by atoms with Gasteiger partial charge in [0.25, 0.3) is 0 Å². The quantitative estimate of drug-likeness (QED) is 0.311. The van der Waals surface area contributed by atoms with Gasteiger partial charge in [0.15, 0.2) is 0 Å². The zero-order valence-electron chi connectivity index (χ0n) is 8.92. The van der Waals surface area contributed by atoms with Gasteiger partial charge in [0, 0.05) is 11.5 Å². The highest BCUT2D eigenvalue weighted by Gasteiger charge is 2.16. The van der Waals surface area contributed by atoms with E-state index < -0.39 is 24.0 Å². The first kappa shape index (κ1) is 15.6. The van der Waals surface area contributed by atoms with E-state index in [4.69, 9.17) is 21.3 Å². The van der Waals surface area contributed by atoms with Gasteiger partial charge >= 0.3 is 11.9 Å². The first-order valence-electron chi connectivity index (χ1n) is 4.64. The number of ether oxygens (including phenoxy) is 1. The van der Waals surface area contributed by atoms with Gasteiger partial charge in [-0.3, -0.25) is 9.59 Å². The molecule has 2 atom stereocenters. The molecule has 0 saturated heterocycles. The van der Waals surface area contributed by atoms with Crippen LogP contribution in [0, 0.1) is 0 Å². The van der Waals surface area contributed by atoms with Crippen LogP contribution in [0.5, 0.6) is 0 Å². The van der Waals surface area contributed by atoms with E-state index in [9.17, 15) is 9.59 Å². The molecule has 5 N–H and O–H groups in total. The van der Waals surface area contributed by atoms with E-state index in [0.717, 1.165) is 0 Å². The predicted octanol–water partition coefficient (Wildman–Crippen LogP) is -0.330. The SMILES string of the molecule is CCOC(=O)[C@H](N)CSSC[C@@H](N)C(=O)O. The van der Waals surface area contributed by atoms with Crippen LogP contribution >= 0.6 is 21.6 Å². The number of carbonyl (C=O) groups excluding carboxylic acids is 1. The Labute approximate surface area is 102 Å². The van der Waals surface area contributed by atoms with Crippen molar-refractivity contribution >= 4 is 33.5 Å². The third-order valence-corrected chi connectivity index (χ3v) is 3.96. The zero-order chi connectivity index (χ0) is 12.6. The Morgan fingerprint density at radius 2 is 1.75 bits per heavy atom. The third kappa shape index (κ3) is 6.94. The molecule has 0 rings (SSSR count). The van der Waals surface area contributed by atoms with Crippen LogP contribution < -0.4 is 11.5 Å². The Bertz CT molecular complexity index is 240.